The summed E-state index contributed by atoms with van der Waals surface area (Å²) >= 11 is 1.73. The second-order valence-corrected chi connectivity index (χ2v) is 6.99. The number of fused-ring (bicyclic) bond motifs is 1. The van der Waals surface area contributed by atoms with Gasteiger partial charge >= 0.3 is 0 Å². The Bertz CT molecular complexity index is 740. The molecule has 0 saturated carbocycles. The Kier molecular flexibility index (Phi) is 4.19. The van der Waals surface area contributed by atoms with E-state index >= 15 is 0 Å². The lowest BCUT2D eigenvalue weighted by Gasteiger charge is -2.27. The van der Waals surface area contributed by atoms with Crippen LogP contribution in [0.3, 0.4) is 0 Å². The van der Waals surface area contributed by atoms with Crippen LogP contribution in [0.2, 0.25) is 0 Å². The van der Waals surface area contributed by atoms with E-state index in [0.717, 1.165) is 36.6 Å². The van der Waals surface area contributed by atoms with Gasteiger partial charge in [0.05, 0.1) is 5.56 Å². The van der Waals surface area contributed by atoms with Crippen molar-refractivity contribution in [1.82, 2.24) is 4.90 Å². The smallest absolute Gasteiger partial charge is 0.107 e. The van der Waals surface area contributed by atoms with Crippen molar-refractivity contribution in [1.29, 1.82) is 5.26 Å². The Morgan fingerprint density at radius 2 is 2.18 bits per heavy atom. The number of nitriles is 1. The Morgan fingerprint density at radius 3 is 2.91 bits per heavy atom. The second kappa shape index (κ2) is 6.12. The Balaban J connectivity index is 1.82. The van der Waals surface area contributed by atoms with Crippen LogP contribution in [-0.4, -0.2) is 18.5 Å². The van der Waals surface area contributed by atoms with Crippen molar-refractivity contribution in [2.24, 2.45) is 0 Å². The van der Waals surface area contributed by atoms with Crippen LogP contribution in [0.1, 0.15) is 32.7 Å². The molecule has 0 aliphatic carbocycles. The van der Waals surface area contributed by atoms with Gasteiger partial charge in [0.1, 0.15) is 11.1 Å². The Hall–Kier alpha value is -1.83. The van der Waals surface area contributed by atoms with Crippen LogP contribution >= 0.6 is 11.3 Å². The van der Waals surface area contributed by atoms with Crippen molar-refractivity contribution >= 4 is 16.3 Å². The molecule has 4 heteroatoms. The molecule has 0 amide bonds. The van der Waals surface area contributed by atoms with E-state index in [0.29, 0.717) is 0 Å². The topological polar surface area (TPSA) is 39.1 Å². The summed E-state index contributed by atoms with van der Waals surface area (Å²) in [6, 6.07) is 8.91. The summed E-state index contributed by atoms with van der Waals surface area (Å²) in [6.07, 6.45) is 0.973. The molecule has 1 N–H and O–H groups in total. The standard InChI is InChI=1S/C18H21N3S/c1-12-5-4-6-14(13(12)2)10-21-8-7-15-16(9-19)18(20-3)22-17(15)11-21/h4-6,20H,7-8,10-11H2,1-3H3. The zero-order valence-corrected chi connectivity index (χ0v) is 14.2. The molecule has 0 spiro atoms. The molecule has 0 bridgehead atoms. The summed E-state index contributed by atoms with van der Waals surface area (Å²) in [5.74, 6) is 0. The van der Waals surface area contributed by atoms with Crippen molar-refractivity contribution in [2.45, 2.75) is 33.4 Å². The molecule has 1 aromatic carbocycles. The molecule has 3 rings (SSSR count). The molecule has 1 aliphatic rings. The molecule has 1 aromatic heterocycles. The van der Waals surface area contributed by atoms with Crippen molar-refractivity contribution in [3.63, 3.8) is 0 Å². The van der Waals surface area contributed by atoms with E-state index < -0.39 is 0 Å². The van der Waals surface area contributed by atoms with Crippen LogP contribution in [0.4, 0.5) is 5.00 Å². The zero-order valence-electron chi connectivity index (χ0n) is 13.4. The highest BCUT2D eigenvalue weighted by Gasteiger charge is 2.24. The lowest BCUT2D eigenvalue weighted by molar-refractivity contribution is 0.248. The Morgan fingerprint density at radius 1 is 1.36 bits per heavy atom. The summed E-state index contributed by atoms with van der Waals surface area (Å²) in [5, 5.41) is 13.5. The maximum atomic E-state index is 9.37. The van der Waals surface area contributed by atoms with Crippen LogP contribution in [0.25, 0.3) is 0 Å². The number of rotatable bonds is 3. The molecule has 3 nitrogen and oxygen atoms in total. The average Bonchev–Trinajstić information content (AvgIpc) is 2.88. The number of thiophene rings is 1. The first-order valence-corrected chi connectivity index (χ1v) is 8.45. The molecule has 0 atom stereocenters. The normalized spacial score (nSPS) is 14.5. The fourth-order valence-electron chi connectivity index (χ4n) is 3.11. The third kappa shape index (κ3) is 2.63. The predicted molar refractivity (Wildman–Crippen MR) is 92.3 cm³/mol. The minimum absolute atomic E-state index is 0.855. The van der Waals surface area contributed by atoms with Gasteiger partial charge in [-0.25, -0.2) is 0 Å². The molecule has 0 fully saturated rings. The number of aryl methyl sites for hydroxylation is 1. The van der Waals surface area contributed by atoms with E-state index in [4.69, 9.17) is 0 Å². The first-order valence-electron chi connectivity index (χ1n) is 7.64. The summed E-state index contributed by atoms with van der Waals surface area (Å²) in [6.45, 7) is 7.34. The van der Waals surface area contributed by atoms with Crippen LogP contribution in [-0.2, 0) is 19.5 Å². The third-order valence-corrected chi connectivity index (χ3v) is 5.82. The van der Waals surface area contributed by atoms with Gasteiger partial charge in [-0.1, -0.05) is 18.2 Å². The van der Waals surface area contributed by atoms with Crippen molar-refractivity contribution in [3.05, 3.63) is 50.9 Å². The SMILES string of the molecule is CNc1sc2c(c1C#N)CCN(Cc1cccc(C)c1C)C2. The maximum absolute atomic E-state index is 9.37. The van der Waals surface area contributed by atoms with Crippen molar-refractivity contribution in [3.8, 4) is 6.07 Å². The molecule has 114 valence electrons. The van der Waals surface area contributed by atoms with Gasteiger partial charge in [0, 0.05) is 31.6 Å². The van der Waals surface area contributed by atoms with E-state index in [-0.39, 0.29) is 0 Å². The monoisotopic (exact) mass is 311 g/mol. The average molecular weight is 311 g/mol. The summed E-state index contributed by atoms with van der Waals surface area (Å²) < 4.78 is 0. The summed E-state index contributed by atoms with van der Waals surface area (Å²) in [7, 11) is 1.89. The Labute approximate surface area is 136 Å². The van der Waals surface area contributed by atoms with Crippen LogP contribution in [0, 0.1) is 25.2 Å². The van der Waals surface area contributed by atoms with E-state index in [1.54, 1.807) is 11.3 Å². The fourth-order valence-corrected chi connectivity index (χ4v) is 4.30. The third-order valence-electron chi connectivity index (χ3n) is 4.59. The van der Waals surface area contributed by atoms with Gasteiger partial charge < -0.3 is 5.32 Å². The number of benzene rings is 1. The molecule has 2 aromatic rings. The highest BCUT2D eigenvalue weighted by molar-refractivity contribution is 7.16. The molecule has 0 unspecified atom stereocenters. The molecular weight excluding hydrogens is 290 g/mol. The molecule has 0 saturated heterocycles. The van der Waals surface area contributed by atoms with Gasteiger partial charge in [-0.15, -0.1) is 11.3 Å². The number of hydrogen-bond donors (Lipinski definition) is 1. The quantitative estimate of drug-likeness (QED) is 0.936. The maximum Gasteiger partial charge on any atom is 0.107 e. The lowest BCUT2D eigenvalue weighted by atomic mass is 10.0. The van der Waals surface area contributed by atoms with Crippen molar-refractivity contribution < 1.29 is 0 Å². The van der Waals surface area contributed by atoms with E-state index in [2.05, 4.69) is 48.3 Å². The van der Waals surface area contributed by atoms with E-state index in [1.165, 1.54) is 27.1 Å². The number of nitrogens with one attached hydrogen (secondary N) is 1. The van der Waals surface area contributed by atoms with Gasteiger partial charge in [-0.2, -0.15) is 5.26 Å². The molecular formula is C18H21N3S. The highest BCUT2D eigenvalue weighted by Crippen LogP contribution is 2.36. The van der Waals surface area contributed by atoms with Crippen LogP contribution < -0.4 is 5.32 Å². The van der Waals surface area contributed by atoms with Crippen LogP contribution in [0.15, 0.2) is 18.2 Å². The van der Waals surface area contributed by atoms with Gasteiger partial charge in [0.25, 0.3) is 0 Å². The van der Waals surface area contributed by atoms with Gasteiger partial charge in [0.15, 0.2) is 0 Å². The van der Waals surface area contributed by atoms with Crippen molar-refractivity contribution in [2.75, 3.05) is 18.9 Å². The highest BCUT2D eigenvalue weighted by atomic mass is 32.1. The number of hydrogen-bond acceptors (Lipinski definition) is 4. The molecule has 0 radical (unpaired) electrons. The molecule has 1 aliphatic heterocycles. The summed E-state index contributed by atoms with van der Waals surface area (Å²) in [5.41, 5.74) is 6.28. The largest absolute Gasteiger partial charge is 0.379 e. The van der Waals surface area contributed by atoms with Gasteiger partial charge in [-0.3, -0.25) is 4.90 Å². The van der Waals surface area contributed by atoms with Gasteiger partial charge in [-0.05, 0) is 42.5 Å². The predicted octanol–water partition coefficient (Wildman–Crippen LogP) is 3.84. The first-order chi connectivity index (χ1) is 10.6. The van der Waals surface area contributed by atoms with Gasteiger partial charge in [0.2, 0.25) is 0 Å². The zero-order chi connectivity index (χ0) is 15.7. The number of nitrogens with zero attached hydrogens (tertiary/aromatic N) is 2. The number of anilines is 1. The lowest BCUT2D eigenvalue weighted by Crippen LogP contribution is -2.29. The minimum Gasteiger partial charge on any atom is -0.379 e. The molecule has 22 heavy (non-hydrogen) atoms. The van der Waals surface area contributed by atoms with E-state index in [9.17, 15) is 5.26 Å². The first kappa shape index (κ1) is 15.1. The van der Waals surface area contributed by atoms with Crippen LogP contribution in [0.5, 0.6) is 0 Å². The van der Waals surface area contributed by atoms with E-state index in [1.807, 2.05) is 7.05 Å². The second-order valence-electron chi connectivity index (χ2n) is 5.89. The summed E-state index contributed by atoms with van der Waals surface area (Å²) in [4.78, 5) is 3.83. The fraction of sp³-hybridized carbons (Fsp3) is 0.389. The molecule has 2 heterocycles. The minimum atomic E-state index is 0.855.